The molecule has 0 fully saturated rings. The topological polar surface area (TPSA) is 56.1 Å². The SMILES string of the molecule is CCc1c(C(=O)NCc2ccccc2OC(F)F)cnn1C(C)(C)C. The van der Waals surface area contributed by atoms with Crippen molar-refractivity contribution in [2.24, 2.45) is 0 Å². The quantitative estimate of drug-likeness (QED) is 0.863. The zero-order valence-electron chi connectivity index (χ0n) is 14.8. The van der Waals surface area contributed by atoms with Gasteiger partial charge in [-0.3, -0.25) is 9.48 Å². The van der Waals surface area contributed by atoms with E-state index < -0.39 is 6.61 Å². The Bertz CT molecular complexity index is 736. The lowest BCUT2D eigenvalue weighted by molar-refractivity contribution is -0.0504. The summed E-state index contributed by atoms with van der Waals surface area (Å²) in [5, 5.41) is 7.07. The number of hydrogen-bond acceptors (Lipinski definition) is 3. The number of rotatable bonds is 6. The maximum atomic E-state index is 12.5. The molecule has 1 amide bonds. The van der Waals surface area contributed by atoms with E-state index in [1.807, 2.05) is 32.4 Å². The zero-order valence-corrected chi connectivity index (χ0v) is 14.8. The maximum absolute atomic E-state index is 12.5. The minimum Gasteiger partial charge on any atom is -0.434 e. The second-order valence-corrected chi connectivity index (χ2v) is 6.61. The van der Waals surface area contributed by atoms with Crippen molar-refractivity contribution in [1.29, 1.82) is 0 Å². The molecule has 0 aliphatic heterocycles. The molecule has 5 nitrogen and oxygen atoms in total. The molecule has 7 heteroatoms. The van der Waals surface area contributed by atoms with E-state index in [1.165, 1.54) is 6.07 Å². The van der Waals surface area contributed by atoms with E-state index in [9.17, 15) is 13.6 Å². The number of para-hydroxylation sites is 1. The number of hydrogen-bond donors (Lipinski definition) is 1. The third kappa shape index (κ3) is 4.55. The van der Waals surface area contributed by atoms with Crippen LogP contribution in [0, 0.1) is 0 Å². The Balaban J connectivity index is 2.16. The van der Waals surface area contributed by atoms with Gasteiger partial charge in [0.05, 0.1) is 23.0 Å². The number of alkyl halides is 2. The highest BCUT2D eigenvalue weighted by Gasteiger charge is 2.23. The predicted molar refractivity (Wildman–Crippen MR) is 90.8 cm³/mol. The Kier molecular flexibility index (Phi) is 5.77. The van der Waals surface area contributed by atoms with Crippen molar-refractivity contribution in [2.75, 3.05) is 0 Å². The summed E-state index contributed by atoms with van der Waals surface area (Å²) in [5.74, 6) is -0.238. The average molecular weight is 351 g/mol. The smallest absolute Gasteiger partial charge is 0.387 e. The van der Waals surface area contributed by atoms with E-state index in [0.717, 1.165) is 5.69 Å². The number of nitrogens with one attached hydrogen (secondary N) is 1. The molecular weight excluding hydrogens is 328 g/mol. The highest BCUT2D eigenvalue weighted by Crippen LogP contribution is 2.22. The molecule has 0 saturated carbocycles. The first-order chi connectivity index (χ1) is 11.7. The van der Waals surface area contributed by atoms with Gasteiger partial charge in [-0.1, -0.05) is 25.1 Å². The van der Waals surface area contributed by atoms with E-state index in [1.54, 1.807) is 24.4 Å². The maximum Gasteiger partial charge on any atom is 0.387 e. The minimum atomic E-state index is -2.91. The molecule has 1 N–H and O–H groups in total. The van der Waals surface area contributed by atoms with Crippen molar-refractivity contribution >= 4 is 5.91 Å². The fraction of sp³-hybridized carbons (Fsp3) is 0.444. The largest absolute Gasteiger partial charge is 0.434 e. The van der Waals surface area contributed by atoms with Gasteiger partial charge in [0.2, 0.25) is 0 Å². The monoisotopic (exact) mass is 351 g/mol. The van der Waals surface area contributed by atoms with E-state index in [4.69, 9.17) is 0 Å². The van der Waals surface area contributed by atoms with Crippen molar-refractivity contribution in [1.82, 2.24) is 15.1 Å². The molecule has 25 heavy (non-hydrogen) atoms. The van der Waals surface area contributed by atoms with E-state index in [-0.39, 0.29) is 23.7 Å². The average Bonchev–Trinajstić information content (AvgIpc) is 2.97. The first-order valence-corrected chi connectivity index (χ1v) is 8.12. The van der Waals surface area contributed by atoms with E-state index in [2.05, 4.69) is 15.2 Å². The molecule has 0 radical (unpaired) electrons. The van der Waals surface area contributed by atoms with Crippen LogP contribution in [0.5, 0.6) is 5.75 Å². The van der Waals surface area contributed by atoms with Gasteiger partial charge in [0.15, 0.2) is 0 Å². The third-order valence-corrected chi connectivity index (χ3v) is 3.71. The summed E-state index contributed by atoms with van der Waals surface area (Å²) in [6, 6.07) is 6.39. The van der Waals surface area contributed by atoms with Crippen LogP contribution in [0.2, 0.25) is 0 Å². The summed E-state index contributed by atoms with van der Waals surface area (Å²) in [6.45, 7) is 5.18. The van der Waals surface area contributed by atoms with Gasteiger partial charge in [-0.05, 0) is 33.3 Å². The number of aromatic nitrogens is 2. The Morgan fingerprint density at radius 1 is 1.32 bits per heavy atom. The lowest BCUT2D eigenvalue weighted by atomic mass is 10.1. The van der Waals surface area contributed by atoms with Gasteiger partial charge >= 0.3 is 6.61 Å². The summed E-state index contributed by atoms with van der Waals surface area (Å²) in [7, 11) is 0. The Morgan fingerprint density at radius 2 is 2.00 bits per heavy atom. The van der Waals surface area contributed by atoms with Crippen LogP contribution >= 0.6 is 0 Å². The lowest BCUT2D eigenvalue weighted by Crippen LogP contribution is -2.28. The Labute approximate surface area is 146 Å². The molecular formula is C18H23F2N3O2. The molecule has 0 bridgehead atoms. The molecule has 0 unspecified atom stereocenters. The number of carbonyl (C=O) groups excluding carboxylic acids is 1. The van der Waals surface area contributed by atoms with Crippen LogP contribution in [-0.2, 0) is 18.5 Å². The van der Waals surface area contributed by atoms with Gasteiger partial charge in [0.1, 0.15) is 5.75 Å². The minimum absolute atomic E-state index is 0.0545. The van der Waals surface area contributed by atoms with Gasteiger partial charge in [-0.25, -0.2) is 0 Å². The molecule has 1 heterocycles. The first kappa shape index (κ1) is 18.9. The lowest BCUT2D eigenvalue weighted by Gasteiger charge is -2.22. The summed E-state index contributed by atoms with van der Waals surface area (Å²) >= 11 is 0. The van der Waals surface area contributed by atoms with Gasteiger partial charge in [0, 0.05) is 12.1 Å². The van der Waals surface area contributed by atoms with Crippen molar-refractivity contribution in [3.05, 3.63) is 47.3 Å². The fourth-order valence-corrected chi connectivity index (χ4v) is 2.61. The molecule has 1 aromatic carbocycles. The summed E-state index contributed by atoms with van der Waals surface area (Å²) in [5.41, 5.74) is 1.57. The van der Waals surface area contributed by atoms with E-state index >= 15 is 0 Å². The van der Waals surface area contributed by atoms with Gasteiger partial charge < -0.3 is 10.1 Å². The van der Waals surface area contributed by atoms with Crippen LogP contribution in [0.25, 0.3) is 0 Å². The van der Waals surface area contributed by atoms with Crippen LogP contribution in [0.1, 0.15) is 49.3 Å². The predicted octanol–water partition coefficient (Wildman–Crippen LogP) is 3.73. The number of halogens is 2. The fourth-order valence-electron chi connectivity index (χ4n) is 2.61. The van der Waals surface area contributed by atoms with Crippen molar-refractivity contribution in [2.45, 2.75) is 52.8 Å². The second kappa shape index (κ2) is 7.63. The van der Waals surface area contributed by atoms with Crippen LogP contribution < -0.4 is 10.1 Å². The molecule has 0 spiro atoms. The zero-order chi connectivity index (χ0) is 18.6. The van der Waals surface area contributed by atoms with E-state index in [0.29, 0.717) is 17.5 Å². The Morgan fingerprint density at radius 3 is 2.60 bits per heavy atom. The Hall–Kier alpha value is -2.44. The number of ether oxygens (including phenoxy) is 1. The number of carbonyl (C=O) groups is 1. The van der Waals surface area contributed by atoms with Crippen LogP contribution in [0.15, 0.2) is 30.5 Å². The van der Waals surface area contributed by atoms with Crippen LogP contribution in [0.3, 0.4) is 0 Å². The summed E-state index contributed by atoms with van der Waals surface area (Å²) in [4.78, 5) is 12.5. The molecule has 1 aromatic heterocycles. The molecule has 2 aromatic rings. The van der Waals surface area contributed by atoms with Crippen molar-refractivity contribution in [3.63, 3.8) is 0 Å². The number of amides is 1. The molecule has 136 valence electrons. The molecule has 2 rings (SSSR count). The molecule has 0 atom stereocenters. The normalized spacial score (nSPS) is 11.6. The highest BCUT2D eigenvalue weighted by molar-refractivity contribution is 5.95. The second-order valence-electron chi connectivity index (χ2n) is 6.61. The first-order valence-electron chi connectivity index (χ1n) is 8.12. The standard InChI is InChI=1S/C18H23F2N3O2/c1-5-14-13(11-22-23(14)18(2,3)4)16(24)21-10-12-8-6-7-9-15(12)25-17(19)20/h6-9,11,17H,5,10H2,1-4H3,(H,21,24). The third-order valence-electron chi connectivity index (χ3n) is 3.71. The highest BCUT2D eigenvalue weighted by atomic mass is 19.3. The van der Waals surface area contributed by atoms with Gasteiger partial charge in [-0.2, -0.15) is 13.9 Å². The van der Waals surface area contributed by atoms with Gasteiger partial charge in [0.25, 0.3) is 5.91 Å². The number of benzene rings is 1. The molecule has 0 aliphatic carbocycles. The summed E-state index contributed by atoms with van der Waals surface area (Å²) in [6.07, 6.45) is 2.20. The summed E-state index contributed by atoms with van der Waals surface area (Å²) < 4.78 is 31.2. The molecule has 0 aliphatic rings. The van der Waals surface area contributed by atoms with Crippen molar-refractivity contribution in [3.8, 4) is 5.75 Å². The van der Waals surface area contributed by atoms with Crippen molar-refractivity contribution < 1.29 is 18.3 Å². The number of nitrogens with zero attached hydrogens (tertiary/aromatic N) is 2. The molecule has 0 saturated heterocycles. The van der Waals surface area contributed by atoms with Gasteiger partial charge in [-0.15, -0.1) is 0 Å². The van der Waals surface area contributed by atoms with Crippen LogP contribution in [-0.4, -0.2) is 22.3 Å². The van der Waals surface area contributed by atoms with Crippen LogP contribution in [0.4, 0.5) is 8.78 Å².